The summed E-state index contributed by atoms with van der Waals surface area (Å²) in [6.07, 6.45) is 1.78. The zero-order valence-corrected chi connectivity index (χ0v) is 21.4. The molecule has 1 saturated heterocycles. The fourth-order valence-corrected chi connectivity index (χ4v) is 7.44. The second kappa shape index (κ2) is 10.4. The molecule has 4 rings (SSSR count). The zero-order valence-electron chi connectivity index (χ0n) is 18.2. The summed E-state index contributed by atoms with van der Waals surface area (Å²) in [4.78, 5) is 26.5. The Morgan fingerprint density at radius 1 is 0.857 bits per heavy atom. The van der Waals surface area contributed by atoms with Crippen LogP contribution in [-0.4, -0.2) is 53.3 Å². The van der Waals surface area contributed by atoms with Crippen LogP contribution in [0.1, 0.15) is 23.2 Å². The number of carbonyl (C=O) groups excluding carboxylic acids is 2. The van der Waals surface area contributed by atoms with E-state index in [0.29, 0.717) is 13.1 Å². The van der Waals surface area contributed by atoms with Gasteiger partial charge in [0.05, 0.1) is 16.9 Å². The molecule has 1 amide bonds. The van der Waals surface area contributed by atoms with Gasteiger partial charge in [-0.25, -0.2) is 21.6 Å². The highest BCUT2D eigenvalue weighted by Crippen LogP contribution is 2.27. The summed E-state index contributed by atoms with van der Waals surface area (Å²) in [6.45, 7) is 0.732. The maximum absolute atomic E-state index is 12.7. The van der Waals surface area contributed by atoms with E-state index in [1.807, 2.05) is 0 Å². The van der Waals surface area contributed by atoms with E-state index < -0.39 is 32.6 Å². The lowest BCUT2D eigenvalue weighted by atomic mass is 10.2. The molecule has 0 aliphatic carbocycles. The van der Waals surface area contributed by atoms with Gasteiger partial charge in [0.25, 0.3) is 26.0 Å². The quantitative estimate of drug-likeness (QED) is 0.387. The van der Waals surface area contributed by atoms with Crippen molar-refractivity contribution in [3.63, 3.8) is 0 Å². The molecule has 0 bridgehead atoms. The van der Waals surface area contributed by atoms with Crippen molar-refractivity contribution in [2.45, 2.75) is 21.3 Å². The van der Waals surface area contributed by atoms with Crippen molar-refractivity contribution < 1.29 is 31.2 Å². The van der Waals surface area contributed by atoms with E-state index in [1.165, 1.54) is 30.3 Å². The SMILES string of the molecule is O=C(OCC(=O)N1CCCC1)c1cc(NS(=O)(=O)c2cccs2)cc(NS(=O)(=O)c2cccs2)c1. The van der Waals surface area contributed by atoms with Crippen molar-refractivity contribution >= 4 is 66.0 Å². The van der Waals surface area contributed by atoms with Crippen LogP contribution in [0.4, 0.5) is 11.4 Å². The molecule has 14 heteroatoms. The standard InChI is InChI=1S/C21H21N3O7S4/c25-18(24-7-1-2-8-24)14-31-21(26)15-11-16(22-34(27,28)19-5-3-9-32-19)13-17(12-15)23-35(29,30)20-6-4-10-33-20/h3-6,9-13,22-23H,1-2,7-8,14H2. The topological polar surface area (TPSA) is 139 Å². The third kappa shape index (κ3) is 6.20. The zero-order chi connectivity index (χ0) is 25.1. The molecular weight excluding hydrogens is 535 g/mol. The molecule has 2 aromatic heterocycles. The molecule has 10 nitrogen and oxygen atoms in total. The van der Waals surface area contributed by atoms with Crippen LogP contribution >= 0.6 is 22.7 Å². The maximum Gasteiger partial charge on any atom is 0.338 e. The van der Waals surface area contributed by atoms with E-state index in [9.17, 15) is 26.4 Å². The Bertz CT molecular complexity index is 1330. The predicted octanol–water partition coefficient (Wildman–Crippen LogP) is 3.19. The smallest absolute Gasteiger partial charge is 0.338 e. The van der Waals surface area contributed by atoms with Gasteiger partial charge < -0.3 is 9.64 Å². The second-order valence-corrected chi connectivity index (χ2v) is 13.3. The van der Waals surface area contributed by atoms with E-state index in [-0.39, 0.29) is 31.3 Å². The van der Waals surface area contributed by atoms with Crippen molar-refractivity contribution in [1.82, 2.24) is 4.90 Å². The molecule has 0 spiro atoms. The Labute approximate surface area is 210 Å². The molecule has 35 heavy (non-hydrogen) atoms. The Morgan fingerprint density at radius 2 is 1.37 bits per heavy atom. The molecule has 0 radical (unpaired) electrons. The number of thiophene rings is 2. The molecule has 0 unspecified atom stereocenters. The average Bonchev–Trinajstić information content (AvgIpc) is 3.59. The van der Waals surface area contributed by atoms with Crippen LogP contribution in [0.5, 0.6) is 0 Å². The van der Waals surface area contributed by atoms with Crippen LogP contribution in [0.2, 0.25) is 0 Å². The Balaban J connectivity index is 1.60. The molecule has 1 fully saturated rings. The summed E-state index contributed by atoms with van der Waals surface area (Å²) in [7, 11) is -7.94. The fraction of sp³-hybridized carbons (Fsp3) is 0.238. The predicted molar refractivity (Wildman–Crippen MR) is 133 cm³/mol. The number of hydrogen-bond acceptors (Lipinski definition) is 9. The minimum Gasteiger partial charge on any atom is -0.452 e. The van der Waals surface area contributed by atoms with E-state index in [0.717, 1.165) is 35.5 Å². The van der Waals surface area contributed by atoms with Gasteiger partial charge in [0.15, 0.2) is 6.61 Å². The van der Waals surface area contributed by atoms with Crippen molar-refractivity contribution in [2.75, 3.05) is 29.1 Å². The highest BCUT2D eigenvalue weighted by molar-refractivity contribution is 7.95. The summed E-state index contributed by atoms with van der Waals surface area (Å²) >= 11 is 2.00. The monoisotopic (exact) mass is 555 g/mol. The normalized spacial score (nSPS) is 14.0. The number of amides is 1. The minimum absolute atomic E-state index is 0.0439. The van der Waals surface area contributed by atoms with Gasteiger partial charge in [0.2, 0.25) is 0 Å². The molecule has 1 aromatic carbocycles. The number of rotatable bonds is 9. The molecule has 186 valence electrons. The molecule has 0 saturated carbocycles. The maximum atomic E-state index is 12.7. The van der Waals surface area contributed by atoms with E-state index in [4.69, 9.17) is 4.74 Å². The van der Waals surface area contributed by atoms with E-state index in [2.05, 4.69) is 9.44 Å². The number of sulfonamides is 2. The Morgan fingerprint density at radius 3 is 1.83 bits per heavy atom. The Kier molecular flexibility index (Phi) is 7.44. The van der Waals surface area contributed by atoms with Crippen molar-refractivity contribution in [1.29, 1.82) is 0 Å². The van der Waals surface area contributed by atoms with Gasteiger partial charge in [-0.05, 0) is 53.9 Å². The molecule has 2 N–H and O–H groups in total. The number of nitrogens with one attached hydrogen (secondary N) is 2. The molecule has 3 heterocycles. The summed E-state index contributed by atoms with van der Waals surface area (Å²) in [5.41, 5.74) is -0.236. The molecule has 0 atom stereocenters. The third-order valence-corrected chi connectivity index (χ3v) is 10.5. The van der Waals surface area contributed by atoms with Crippen LogP contribution in [0, 0.1) is 0 Å². The third-order valence-electron chi connectivity index (χ3n) is 4.98. The van der Waals surface area contributed by atoms with Gasteiger partial charge in [-0.1, -0.05) is 12.1 Å². The van der Waals surface area contributed by atoms with Crippen molar-refractivity contribution in [2.24, 2.45) is 0 Å². The first-order valence-corrected chi connectivity index (χ1v) is 15.1. The summed E-state index contributed by atoms with van der Waals surface area (Å²) < 4.78 is 60.7. The van der Waals surface area contributed by atoms with Gasteiger partial charge >= 0.3 is 5.97 Å². The molecule has 1 aliphatic rings. The first-order chi connectivity index (χ1) is 16.6. The number of hydrogen-bond donors (Lipinski definition) is 2. The lowest BCUT2D eigenvalue weighted by Crippen LogP contribution is -2.32. The number of carbonyl (C=O) groups is 2. The first kappa shape index (κ1) is 25.2. The lowest BCUT2D eigenvalue weighted by molar-refractivity contribution is -0.133. The van der Waals surface area contributed by atoms with Crippen LogP contribution in [0.15, 0.2) is 61.6 Å². The van der Waals surface area contributed by atoms with Gasteiger partial charge in [-0.3, -0.25) is 14.2 Å². The van der Waals surface area contributed by atoms with Gasteiger partial charge in [0.1, 0.15) is 8.42 Å². The highest BCUT2D eigenvalue weighted by atomic mass is 32.3. The Hall–Kier alpha value is -2.94. The lowest BCUT2D eigenvalue weighted by Gasteiger charge is -2.16. The van der Waals surface area contributed by atoms with Crippen molar-refractivity contribution in [3.8, 4) is 0 Å². The largest absolute Gasteiger partial charge is 0.452 e. The number of likely N-dealkylation sites (tertiary alicyclic amines) is 1. The van der Waals surface area contributed by atoms with E-state index >= 15 is 0 Å². The van der Waals surface area contributed by atoms with Crippen LogP contribution in [0.25, 0.3) is 0 Å². The molecule has 3 aromatic rings. The highest BCUT2D eigenvalue weighted by Gasteiger charge is 2.22. The summed E-state index contributed by atoms with van der Waals surface area (Å²) in [5.74, 6) is -1.23. The minimum atomic E-state index is -3.97. The van der Waals surface area contributed by atoms with Gasteiger partial charge in [-0.2, -0.15) is 0 Å². The molecule has 1 aliphatic heterocycles. The van der Waals surface area contributed by atoms with Gasteiger partial charge in [0, 0.05) is 13.1 Å². The van der Waals surface area contributed by atoms with E-state index in [1.54, 1.807) is 27.8 Å². The summed E-state index contributed by atoms with van der Waals surface area (Å²) in [6, 6.07) is 9.66. The second-order valence-electron chi connectivity index (χ2n) is 7.54. The average molecular weight is 556 g/mol. The van der Waals surface area contributed by atoms with Crippen LogP contribution in [-0.2, 0) is 29.6 Å². The first-order valence-electron chi connectivity index (χ1n) is 10.4. The molecular formula is C21H21N3O7S4. The summed E-state index contributed by atoms with van der Waals surface area (Å²) in [5, 5.41) is 3.20. The number of benzene rings is 1. The fourth-order valence-electron chi connectivity index (χ4n) is 3.38. The van der Waals surface area contributed by atoms with Crippen LogP contribution < -0.4 is 9.44 Å². The van der Waals surface area contributed by atoms with Crippen LogP contribution in [0.3, 0.4) is 0 Å². The van der Waals surface area contributed by atoms with Crippen molar-refractivity contribution in [3.05, 3.63) is 58.8 Å². The number of anilines is 2. The number of ether oxygens (including phenoxy) is 1. The number of esters is 1. The van der Waals surface area contributed by atoms with Gasteiger partial charge in [-0.15, -0.1) is 22.7 Å². The number of nitrogens with zero attached hydrogens (tertiary/aromatic N) is 1.